The number of rotatable bonds is 4. The lowest BCUT2D eigenvalue weighted by Gasteiger charge is -2.13. The van der Waals surface area contributed by atoms with Crippen molar-refractivity contribution in [2.24, 2.45) is 0 Å². The number of imidazole rings is 1. The molecule has 11 rings (SSSR count). The van der Waals surface area contributed by atoms with Gasteiger partial charge in [-0.1, -0.05) is 97.1 Å². The van der Waals surface area contributed by atoms with Crippen LogP contribution in [0.5, 0.6) is 0 Å². The highest BCUT2D eigenvalue weighted by molar-refractivity contribution is 6.25. The summed E-state index contributed by atoms with van der Waals surface area (Å²) in [6.07, 6.45) is 3.51. The molecule has 0 saturated carbocycles. The summed E-state index contributed by atoms with van der Waals surface area (Å²) in [5.74, 6) is 1.31. The van der Waals surface area contributed by atoms with Crippen LogP contribution < -0.4 is 0 Å². The first-order valence-corrected chi connectivity index (χ1v) is 17.5. The average molecular weight is 664 g/mol. The lowest BCUT2D eigenvalue weighted by Crippen LogP contribution is -2.01. The molecule has 0 N–H and O–H groups in total. The van der Waals surface area contributed by atoms with Crippen LogP contribution in [0.15, 0.2) is 176 Å². The second kappa shape index (κ2) is 11.2. The van der Waals surface area contributed by atoms with Crippen LogP contribution in [0, 0.1) is 0 Å². The first kappa shape index (κ1) is 28.7. The Kier molecular flexibility index (Phi) is 6.18. The van der Waals surface area contributed by atoms with Crippen molar-refractivity contribution in [2.75, 3.05) is 0 Å². The van der Waals surface area contributed by atoms with Crippen molar-refractivity contribution in [2.45, 2.75) is 0 Å². The first-order valence-electron chi connectivity index (χ1n) is 17.5. The summed E-state index contributed by atoms with van der Waals surface area (Å²) in [5, 5.41) is 10.2. The van der Waals surface area contributed by atoms with Gasteiger partial charge in [-0.15, -0.1) is 0 Å². The van der Waals surface area contributed by atoms with Crippen LogP contribution >= 0.6 is 0 Å². The summed E-state index contributed by atoms with van der Waals surface area (Å²) in [6.45, 7) is 0. The summed E-state index contributed by atoms with van der Waals surface area (Å²) in [5.41, 5.74) is 8.76. The zero-order valence-electron chi connectivity index (χ0n) is 28.0. The van der Waals surface area contributed by atoms with E-state index in [-0.39, 0.29) is 0 Å². The van der Waals surface area contributed by atoms with Gasteiger partial charge >= 0.3 is 0 Å². The number of benzene rings is 8. The van der Waals surface area contributed by atoms with Gasteiger partial charge in [0.15, 0.2) is 11.6 Å². The van der Waals surface area contributed by atoms with Crippen molar-refractivity contribution in [3.8, 4) is 34.2 Å². The normalized spacial score (nSPS) is 11.8. The lowest BCUT2D eigenvalue weighted by atomic mass is 9.92. The van der Waals surface area contributed by atoms with E-state index < -0.39 is 0 Å². The molecule has 3 heterocycles. The molecule has 0 bridgehead atoms. The number of fused-ring (bicyclic) bond motifs is 10. The third-order valence-electron chi connectivity index (χ3n) is 10.4. The molecule has 11 aromatic rings. The Morgan fingerprint density at radius 2 is 0.846 bits per heavy atom. The van der Waals surface area contributed by atoms with Gasteiger partial charge in [0.25, 0.3) is 0 Å². The van der Waals surface area contributed by atoms with Crippen molar-refractivity contribution < 1.29 is 0 Å². The van der Waals surface area contributed by atoms with Gasteiger partial charge in [-0.2, -0.15) is 0 Å². The Morgan fingerprint density at radius 3 is 1.54 bits per heavy atom. The Labute approximate surface area is 298 Å². The molecule has 52 heavy (non-hydrogen) atoms. The molecular weight excluding hydrogens is 635 g/mol. The van der Waals surface area contributed by atoms with E-state index in [0.717, 1.165) is 22.4 Å². The van der Waals surface area contributed by atoms with Crippen LogP contribution in [-0.4, -0.2) is 24.1 Å². The highest BCUT2D eigenvalue weighted by Gasteiger charge is 2.18. The van der Waals surface area contributed by atoms with E-state index in [1.807, 2.05) is 24.3 Å². The molecule has 0 aliphatic heterocycles. The second-order valence-corrected chi connectivity index (χ2v) is 13.3. The lowest BCUT2D eigenvalue weighted by molar-refractivity contribution is 1.04. The van der Waals surface area contributed by atoms with Crippen LogP contribution in [0.3, 0.4) is 0 Å². The monoisotopic (exact) mass is 663 g/mol. The first-order chi connectivity index (χ1) is 25.8. The van der Waals surface area contributed by atoms with E-state index in [2.05, 4.69) is 159 Å². The van der Waals surface area contributed by atoms with E-state index in [0.29, 0.717) is 11.6 Å². The fourth-order valence-corrected chi connectivity index (χ4v) is 8.12. The molecule has 5 nitrogen and oxygen atoms in total. The zero-order valence-corrected chi connectivity index (χ0v) is 28.0. The number of hydrogen-bond acceptors (Lipinski definition) is 3. The SMILES string of the molecule is c1cnc(-c2nc3ccccc3n2-c2ccc(-n3c4ccccc4c4cc(-c5ccc6c7ccccc7c7ccccc7c6c5)ccc43)cc2)nc1. The summed E-state index contributed by atoms with van der Waals surface area (Å²) in [7, 11) is 0. The van der Waals surface area contributed by atoms with E-state index in [1.165, 1.54) is 65.3 Å². The summed E-state index contributed by atoms with van der Waals surface area (Å²) in [6, 6.07) is 58.8. The topological polar surface area (TPSA) is 48.5 Å². The largest absolute Gasteiger partial charge is 0.309 e. The highest BCUT2D eigenvalue weighted by Crippen LogP contribution is 2.39. The van der Waals surface area contributed by atoms with Crippen molar-refractivity contribution in [1.29, 1.82) is 0 Å². The second-order valence-electron chi connectivity index (χ2n) is 13.3. The van der Waals surface area contributed by atoms with Crippen molar-refractivity contribution in [1.82, 2.24) is 24.1 Å². The number of aromatic nitrogens is 5. The average Bonchev–Trinajstić information content (AvgIpc) is 3.77. The quantitative estimate of drug-likeness (QED) is 0.176. The smallest absolute Gasteiger partial charge is 0.196 e. The van der Waals surface area contributed by atoms with E-state index in [1.54, 1.807) is 12.4 Å². The molecule has 0 saturated heterocycles. The maximum Gasteiger partial charge on any atom is 0.196 e. The highest BCUT2D eigenvalue weighted by atomic mass is 15.1. The molecule has 0 spiro atoms. The minimum absolute atomic E-state index is 0.592. The molecule has 0 radical (unpaired) electrons. The molecule has 0 aliphatic rings. The molecule has 3 aromatic heterocycles. The van der Waals surface area contributed by atoms with Crippen LogP contribution in [0.4, 0.5) is 0 Å². The fourth-order valence-electron chi connectivity index (χ4n) is 8.12. The van der Waals surface area contributed by atoms with Gasteiger partial charge in [0.05, 0.1) is 22.1 Å². The van der Waals surface area contributed by atoms with Crippen LogP contribution in [-0.2, 0) is 0 Å². The number of hydrogen-bond donors (Lipinski definition) is 0. The Balaban J connectivity index is 1.06. The summed E-state index contributed by atoms with van der Waals surface area (Å²) < 4.78 is 4.51. The van der Waals surface area contributed by atoms with Gasteiger partial charge in [-0.25, -0.2) is 15.0 Å². The summed E-state index contributed by atoms with van der Waals surface area (Å²) in [4.78, 5) is 14.0. The van der Waals surface area contributed by atoms with Crippen molar-refractivity contribution >= 4 is 65.2 Å². The zero-order chi connectivity index (χ0) is 34.2. The van der Waals surface area contributed by atoms with Crippen molar-refractivity contribution in [3.63, 3.8) is 0 Å². The van der Waals surface area contributed by atoms with Gasteiger partial charge in [0.1, 0.15) is 0 Å². The Bertz CT molecular complexity index is 3140. The number of nitrogens with zero attached hydrogens (tertiary/aromatic N) is 5. The molecule has 0 fully saturated rings. The molecule has 0 aliphatic carbocycles. The molecule has 5 heteroatoms. The van der Waals surface area contributed by atoms with Gasteiger partial charge < -0.3 is 4.57 Å². The third kappa shape index (κ3) is 4.26. The van der Waals surface area contributed by atoms with E-state index in [9.17, 15) is 0 Å². The Morgan fingerprint density at radius 1 is 0.346 bits per heavy atom. The van der Waals surface area contributed by atoms with Crippen LogP contribution in [0.2, 0.25) is 0 Å². The van der Waals surface area contributed by atoms with Gasteiger partial charge in [0, 0.05) is 34.5 Å². The van der Waals surface area contributed by atoms with Crippen molar-refractivity contribution in [3.05, 3.63) is 176 Å². The van der Waals surface area contributed by atoms with Crippen LogP contribution in [0.1, 0.15) is 0 Å². The molecule has 8 aromatic carbocycles. The van der Waals surface area contributed by atoms with Gasteiger partial charge in [-0.3, -0.25) is 4.57 Å². The molecule has 0 amide bonds. The van der Waals surface area contributed by atoms with E-state index >= 15 is 0 Å². The molecule has 0 atom stereocenters. The minimum atomic E-state index is 0.592. The minimum Gasteiger partial charge on any atom is -0.309 e. The van der Waals surface area contributed by atoms with E-state index in [4.69, 9.17) is 4.98 Å². The summed E-state index contributed by atoms with van der Waals surface area (Å²) >= 11 is 0. The number of para-hydroxylation sites is 3. The Hall–Kier alpha value is -7.11. The maximum atomic E-state index is 4.92. The predicted molar refractivity (Wildman–Crippen MR) is 214 cm³/mol. The molecule has 0 unspecified atom stereocenters. The standard InChI is InChI=1S/C47H29N5/c1-2-12-36-34(10-1)35-11-3-4-13-37(35)40-28-30(18-24-38(36)40)31-19-25-44-41(29-31)39-14-5-7-16-43(39)51(44)32-20-22-33(23-21-32)52-45-17-8-6-15-42(45)50-47(52)46-48-26-9-27-49-46/h1-29H. The van der Waals surface area contributed by atoms with Gasteiger partial charge in [-0.05, 0) is 110 Å². The maximum absolute atomic E-state index is 4.92. The van der Waals surface area contributed by atoms with Gasteiger partial charge in [0.2, 0.25) is 0 Å². The predicted octanol–water partition coefficient (Wildman–Crippen LogP) is 11.7. The fraction of sp³-hybridized carbons (Fsp3) is 0. The molecular formula is C47H29N5. The van der Waals surface area contributed by atoms with Crippen LogP contribution in [0.25, 0.3) is 99.3 Å². The molecule has 242 valence electrons. The third-order valence-corrected chi connectivity index (χ3v) is 10.4.